The van der Waals surface area contributed by atoms with Gasteiger partial charge in [0, 0.05) is 19.3 Å². The second kappa shape index (κ2) is 19.9. The van der Waals surface area contributed by atoms with Crippen molar-refractivity contribution in [3.63, 3.8) is 0 Å². The number of fused-ring (bicyclic) bond motifs is 5. The molecule has 0 bridgehead atoms. The lowest BCUT2D eigenvalue weighted by Crippen LogP contribution is -2.51. The van der Waals surface area contributed by atoms with Crippen molar-refractivity contribution in [3.8, 4) is 0 Å². The van der Waals surface area contributed by atoms with Crippen molar-refractivity contribution in [2.45, 2.75) is 195 Å². The monoisotopic (exact) mass is 681 g/mol. The lowest BCUT2D eigenvalue weighted by Gasteiger charge is -2.58. The summed E-state index contributed by atoms with van der Waals surface area (Å²) in [5.41, 5.74) is 2.45. The van der Waals surface area contributed by atoms with E-state index in [2.05, 4.69) is 58.6 Å². The molecule has 0 spiro atoms. The van der Waals surface area contributed by atoms with Crippen LogP contribution in [0.25, 0.3) is 0 Å². The first-order chi connectivity index (χ1) is 23.6. The quantitative estimate of drug-likeness (QED) is 0.0249. The number of carbonyl (C=O) groups excluding carboxylic acids is 1. The molecule has 0 aromatic rings. The number of hydrogen-bond donors (Lipinski definition) is 1. The van der Waals surface area contributed by atoms with Gasteiger partial charge in [0.15, 0.2) is 0 Å². The third kappa shape index (κ3) is 11.0. The highest BCUT2D eigenvalue weighted by atomic mass is 17.1. The van der Waals surface area contributed by atoms with E-state index in [0.29, 0.717) is 23.0 Å². The van der Waals surface area contributed by atoms with Gasteiger partial charge in [-0.2, -0.15) is 0 Å². The molecule has 0 aromatic heterocycles. The molecule has 4 aliphatic carbocycles. The Balaban J connectivity index is 1.14. The molecule has 4 aliphatic rings. The van der Waals surface area contributed by atoms with Gasteiger partial charge in [-0.05, 0) is 123 Å². The fourth-order valence-corrected chi connectivity index (χ4v) is 11.2. The van der Waals surface area contributed by atoms with E-state index in [1.54, 1.807) is 5.57 Å². The highest BCUT2D eigenvalue weighted by molar-refractivity contribution is 5.69. The van der Waals surface area contributed by atoms with E-state index < -0.39 is 0 Å². The van der Waals surface area contributed by atoms with Gasteiger partial charge in [-0.25, -0.2) is 5.26 Å². The van der Waals surface area contributed by atoms with E-state index in [0.717, 1.165) is 93.3 Å². The van der Waals surface area contributed by atoms with Gasteiger partial charge < -0.3 is 9.62 Å². The molecule has 1 N–H and O–H groups in total. The summed E-state index contributed by atoms with van der Waals surface area (Å²) in [6, 6.07) is 0. The summed E-state index contributed by atoms with van der Waals surface area (Å²) < 4.78 is 6.10. The Labute approximate surface area is 302 Å². The predicted molar refractivity (Wildman–Crippen MR) is 205 cm³/mol. The summed E-state index contributed by atoms with van der Waals surface area (Å²) in [7, 11) is 0. The molecule has 3 fully saturated rings. The first-order valence-electron chi connectivity index (χ1n) is 21.2. The molecule has 0 radical (unpaired) electrons. The average Bonchev–Trinajstić information content (AvgIpc) is 3.43. The summed E-state index contributed by atoms with van der Waals surface area (Å²) in [5.74, 6) is 5.77. The lowest BCUT2D eigenvalue weighted by atomic mass is 9.47. The third-order valence-electron chi connectivity index (χ3n) is 14.1. The minimum atomic E-state index is -0.00350. The summed E-state index contributed by atoms with van der Waals surface area (Å²) in [5, 5.41) is 9.21. The van der Waals surface area contributed by atoms with E-state index in [1.165, 1.54) is 83.5 Å². The average molecular weight is 681 g/mol. The number of hydrogen-bond acceptors (Lipinski definition) is 4. The standard InChI is InChI=1S/C45H76O4/c1-7-8-9-10-11-13-16-22-37(49-47)23-17-14-12-15-18-24-43(46)48-38-29-31-44(5)36(33-38)25-26-39-41-28-27-40(35(4)21-19-20-34(2)3)45(41,6)32-30-42(39)44/h13,16,22,25,34-35,38-42,47H,7-12,14-15,17-21,23-24,26-33H2,1-6H3/b16-13+,37-22+/t35-,38+,39+,40-,41+,42+,44+,45-/m1/s1. The molecule has 0 unspecified atom stereocenters. The van der Waals surface area contributed by atoms with Gasteiger partial charge in [-0.3, -0.25) is 4.79 Å². The van der Waals surface area contributed by atoms with E-state index in [1.807, 2.05) is 12.2 Å². The lowest BCUT2D eigenvalue weighted by molar-refractivity contribution is -0.205. The van der Waals surface area contributed by atoms with E-state index in [9.17, 15) is 10.1 Å². The molecule has 4 rings (SSSR count). The van der Waals surface area contributed by atoms with Crippen LogP contribution < -0.4 is 0 Å². The van der Waals surface area contributed by atoms with Crippen molar-refractivity contribution in [2.75, 3.05) is 0 Å². The van der Waals surface area contributed by atoms with Crippen molar-refractivity contribution in [2.24, 2.45) is 46.3 Å². The second-order valence-corrected chi connectivity index (χ2v) is 17.9. The number of carbonyl (C=O) groups is 1. The molecule has 49 heavy (non-hydrogen) atoms. The Kier molecular flexibility index (Phi) is 16.3. The van der Waals surface area contributed by atoms with Gasteiger partial charge in [-0.1, -0.05) is 123 Å². The van der Waals surface area contributed by atoms with Crippen molar-refractivity contribution >= 4 is 5.97 Å². The molecular weight excluding hydrogens is 604 g/mol. The van der Waals surface area contributed by atoms with Crippen LogP contribution >= 0.6 is 0 Å². The first-order valence-corrected chi connectivity index (χ1v) is 21.2. The zero-order valence-corrected chi connectivity index (χ0v) is 32.8. The Morgan fingerprint density at radius 3 is 2.41 bits per heavy atom. The van der Waals surface area contributed by atoms with Crippen LogP contribution in [0.4, 0.5) is 0 Å². The van der Waals surface area contributed by atoms with Crippen LogP contribution in [0.3, 0.4) is 0 Å². The van der Waals surface area contributed by atoms with Crippen molar-refractivity contribution in [1.82, 2.24) is 0 Å². The first kappa shape index (κ1) is 40.2. The van der Waals surface area contributed by atoms with Crippen molar-refractivity contribution < 1.29 is 19.7 Å². The maximum Gasteiger partial charge on any atom is 0.306 e. The van der Waals surface area contributed by atoms with Crippen LogP contribution in [0.15, 0.2) is 35.6 Å². The number of esters is 1. The molecule has 0 amide bonds. The molecule has 4 heteroatoms. The Hall–Kier alpha value is -1.55. The zero-order chi connectivity index (χ0) is 35.3. The number of rotatable bonds is 21. The van der Waals surface area contributed by atoms with Crippen LogP contribution in [-0.2, 0) is 14.4 Å². The SMILES string of the molecule is CCCCCC/C=C/C=C(\CCCCCCCC(=O)O[C@H]1CC[C@@]2(C)C(=CC[C@H]3[C@@H]4CC[C@H]([C@H](C)CCCC(C)C)[C@@]4(C)CC[C@@H]32)C1)OO. The normalized spacial score (nSPS) is 32.0. The Morgan fingerprint density at radius 2 is 1.65 bits per heavy atom. The second-order valence-electron chi connectivity index (χ2n) is 17.9. The van der Waals surface area contributed by atoms with Gasteiger partial charge in [0.2, 0.25) is 0 Å². The molecule has 280 valence electrons. The fraction of sp³-hybridized carbons (Fsp3) is 0.844. The van der Waals surface area contributed by atoms with Crippen molar-refractivity contribution in [1.29, 1.82) is 0 Å². The van der Waals surface area contributed by atoms with Gasteiger partial charge in [0.05, 0.1) is 0 Å². The topological polar surface area (TPSA) is 55.8 Å². The predicted octanol–water partition coefficient (Wildman–Crippen LogP) is 13.6. The zero-order valence-electron chi connectivity index (χ0n) is 32.8. The van der Waals surface area contributed by atoms with Crippen LogP contribution in [0.2, 0.25) is 0 Å². The molecule has 0 heterocycles. The minimum Gasteiger partial charge on any atom is -0.462 e. The summed E-state index contributed by atoms with van der Waals surface area (Å²) in [4.78, 5) is 17.4. The molecular formula is C45H76O4. The van der Waals surface area contributed by atoms with Crippen LogP contribution in [-0.4, -0.2) is 17.3 Å². The van der Waals surface area contributed by atoms with Gasteiger partial charge in [0.1, 0.15) is 11.9 Å². The molecule has 0 aromatic carbocycles. The van der Waals surface area contributed by atoms with Crippen LogP contribution in [0.1, 0.15) is 189 Å². The number of ether oxygens (including phenoxy) is 1. The summed E-state index contributed by atoms with van der Waals surface area (Å²) >= 11 is 0. The number of allylic oxidation sites excluding steroid dienone is 5. The van der Waals surface area contributed by atoms with E-state index >= 15 is 0 Å². The number of unbranched alkanes of at least 4 members (excludes halogenated alkanes) is 8. The Morgan fingerprint density at radius 1 is 0.898 bits per heavy atom. The molecule has 0 saturated heterocycles. The fourth-order valence-electron chi connectivity index (χ4n) is 11.2. The molecule has 4 nitrogen and oxygen atoms in total. The Bertz CT molecular complexity index is 1090. The van der Waals surface area contributed by atoms with Crippen molar-refractivity contribution in [3.05, 3.63) is 35.6 Å². The van der Waals surface area contributed by atoms with Crippen LogP contribution in [0.5, 0.6) is 0 Å². The van der Waals surface area contributed by atoms with Gasteiger partial charge in [-0.15, -0.1) is 0 Å². The smallest absolute Gasteiger partial charge is 0.306 e. The summed E-state index contributed by atoms with van der Waals surface area (Å²) in [6.45, 7) is 14.8. The van der Waals surface area contributed by atoms with E-state index in [4.69, 9.17) is 4.74 Å². The van der Waals surface area contributed by atoms with Gasteiger partial charge in [0.25, 0.3) is 0 Å². The minimum absolute atomic E-state index is 0.00350. The third-order valence-corrected chi connectivity index (χ3v) is 14.1. The van der Waals surface area contributed by atoms with Crippen LogP contribution in [0, 0.1) is 46.3 Å². The highest BCUT2D eigenvalue weighted by Gasteiger charge is 2.59. The highest BCUT2D eigenvalue weighted by Crippen LogP contribution is 2.67. The summed E-state index contributed by atoms with van der Waals surface area (Å²) in [6.07, 6.45) is 35.6. The molecule has 3 saturated carbocycles. The maximum atomic E-state index is 12.8. The van der Waals surface area contributed by atoms with E-state index in [-0.39, 0.29) is 12.1 Å². The van der Waals surface area contributed by atoms with Gasteiger partial charge >= 0.3 is 5.97 Å². The molecule has 8 atom stereocenters. The molecule has 0 aliphatic heterocycles. The largest absolute Gasteiger partial charge is 0.462 e. The maximum absolute atomic E-state index is 12.8.